The van der Waals surface area contributed by atoms with Crippen LogP contribution in [0.2, 0.25) is 0 Å². The Morgan fingerprint density at radius 3 is 2.62 bits per heavy atom. The Balaban J connectivity index is 1.60. The van der Waals surface area contributed by atoms with Gasteiger partial charge in [-0.2, -0.15) is 0 Å². The average molecular weight is 355 g/mol. The van der Waals surface area contributed by atoms with Crippen molar-refractivity contribution in [3.63, 3.8) is 0 Å². The Morgan fingerprint density at radius 1 is 1.12 bits per heavy atom. The Kier molecular flexibility index (Phi) is 5.68. The molecule has 1 saturated heterocycles. The lowest BCUT2D eigenvalue weighted by Gasteiger charge is -2.27. The number of rotatable bonds is 4. The van der Waals surface area contributed by atoms with Gasteiger partial charge in [0.25, 0.3) is 0 Å². The molecule has 0 radical (unpaired) electrons. The number of nitrogens with one attached hydrogen (secondary N) is 2. The summed E-state index contributed by atoms with van der Waals surface area (Å²) in [7, 11) is 0. The molecule has 0 atom stereocenters. The highest BCUT2D eigenvalue weighted by Gasteiger charge is 2.15. The zero-order chi connectivity index (χ0) is 18.5. The van der Waals surface area contributed by atoms with E-state index < -0.39 is 0 Å². The summed E-state index contributed by atoms with van der Waals surface area (Å²) in [4.78, 5) is 23.3. The number of carbonyl (C=O) groups is 1. The average Bonchev–Trinajstić information content (AvgIpc) is 2.63. The third kappa shape index (κ3) is 4.70. The number of aromatic nitrogens is 2. The predicted molar refractivity (Wildman–Crippen MR) is 102 cm³/mol. The van der Waals surface area contributed by atoms with Crippen molar-refractivity contribution in [3.05, 3.63) is 46.8 Å². The molecular formula is C19H25N5O2. The number of hydrogen-bond donors (Lipinski definition) is 2. The first-order valence-electron chi connectivity index (χ1n) is 8.80. The number of morpholine rings is 1. The maximum absolute atomic E-state index is 12.2. The van der Waals surface area contributed by atoms with Gasteiger partial charge in [0.05, 0.1) is 25.5 Å². The van der Waals surface area contributed by atoms with Crippen molar-refractivity contribution >= 4 is 17.7 Å². The number of benzene rings is 1. The standard InChI is InChI=1S/C19H25N5O2/c1-13-4-5-16(10-14(13)2)23-19(25)20-12-17-11-15(3)21-18(22-17)24-6-8-26-9-7-24/h4-5,10-11H,6-9,12H2,1-3H3,(H2,20,23,25). The summed E-state index contributed by atoms with van der Waals surface area (Å²) >= 11 is 0. The van der Waals surface area contributed by atoms with E-state index in [4.69, 9.17) is 4.74 Å². The summed E-state index contributed by atoms with van der Waals surface area (Å²) in [5.41, 5.74) is 4.79. The molecule has 1 aliphatic heterocycles. The molecule has 26 heavy (non-hydrogen) atoms. The van der Waals surface area contributed by atoms with E-state index >= 15 is 0 Å². The summed E-state index contributed by atoms with van der Waals surface area (Å²) < 4.78 is 5.37. The number of urea groups is 1. The molecule has 1 aromatic carbocycles. The smallest absolute Gasteiger partial charge is 0.319 e. The van der Waals surface area contributed by atoms with E-state index in [1.807, 2.05) is 45.0 Å². The van der Waals surface area contributed by atoms with Gasteiger partial charge in [-0.15, -0.1) is 0 Å². The van der Waals surface area contributed by atoms with E-state index in [1.54, 1.807) is 0 Å². The van der Waals surface area contributed by atoms with Crippen molar-refractivity contribution in [3.8, 4) is 0 Å². The highest BCUT2D eigenvalue weighted by atomic mass is 16.5. The first kappa shape index (κ1) is 18.1. The van der Waals surface area contributed by atoms with Crippen LogP contribution in [0.3, 0.4) is 0 Å². The highest BCUT2D eigenvalue weighted by Crippen LogP contribution is 2.14. The number of nitrogens with zero attached hydrogens (tertiary/aromatic N) is 3. The zero-order valence-corrected chi connectivity index (χ0v) is 15.5. The molecule has 2 heterocycles. The fraction of sp³-hybridized carbons (Fsp3) is 0.421. The van der Waals surface area contributed by atoms with Gasteiger partial charge in [0.1, 0.15) is 0 Å². The number of ether oxygens (including phenoxy) is 1. The molecule has 0 unspecified atom stereocenters. The molecule has 1 aliphatic rings. The normalized spacial score (nSPS) is 14.2. The van der Waals surface area contributed by atoms with Gasteiger partial charge in [-0.05, 0) is 50.1 Å². The maximum atomic E-state index is 12.2. The van der Waals surface area contributed by atoms with Crippen molar-refractivity contribution in [2.45, 2.75) is 27.3 Å². The number of amides is 2. The minimum atomic E-state index is -0.252. The number of carbonyl (C=O) groups excluding carboxylic acids is 1. The van der Waals surface area contributed by atoms with Crippen LogP contribution < -0.4 is 15.5 Å². The van der Waals surface area contributed by atoms with Crippen LogP contribution in [0, 0.1) is 20.8 Å². The van der Waals surface area contributed by atoms with Gasteiger partial charge in [0.2, 0.25) is 5.95 Å². The fourth-order valence-electron chi connectivity index (χ4n) is 2.78. The molecule has 1 aromatic heterocycles. The van der Waals surface area contributed by atoms with Crippen molar-refractivity contribution < 1.29 is 9.53 Å². The van der Waals surface area contributed by atoms with Gasteiger partial charge in [-0.3, -0.25) is 0 Å². The van der Waals surface area contributed by atoms with E-state index in [0.29, 0.717) is 25.7 Å². The van der Waals surface area contributed by atoms with Crippen LogP contribution in [-0.2, 0) is 11.3 Å². The van der Waals surface area contributed by atoms with Crippen molar-refractivity contribution in [2.24, 2.45) is 0 Å². The Hall–Kier alpha value is -2.67. The molecule has 1 fully saturated rings. The quantitative estimate of drug-likeness (QED) is 0.881. The topological polar surface area (TPSA) is 79.4 Å². The second kappa shape index (κ2) is 8.14. The third-order valence-electron chi connectivity index (χ3n) is 4.38. The lowest BCUT2D eigenvalue weighted by molar-refractivity contribution is 0.122. The summed E-state index contributed by atoms with van der Waals surface area (Å²) in [6, 6.07) is 7.48. The van der Waals surface area contributed by atoms with Gasteiger partial charge < -0.3 is 20.3 Å². The van der Waals surface area contributed by atoms with E-state index in [1.165, 1.54) is 5.56 Å². The molecule has 0 bridgehead atoms. The van der Waals surface area contributed by atoms with Crippen LogP contribution in [0.25, 0.3) is 0 Å². The van der Waals surface area contributed by atoms with E-state index in [9.17, 15) is 4.79 Å². The highest BCUT2D eigenvalue weighted by molar-refractivity contribution is 5.89. The largest absolute Gasteiger partial charge is 0.378 e. The number of anilines is 2. The summed E-state index contributed by atoms with van der Waals surface area (Å²) in [5, 5.41) is 5.71. The van der Waals surface area contributed by atoms with Gasteiger partial charge in [-0.25, -0.2) is 14.8 Å². The maximum Gasteiger partial charge on any atom is 0.319 e. The third-order valence-corrected chi connectivity index (χ3v) is 4.38. The van der Waals surface area contributed by atoms with Gasteiger partial charge in [0, 0.05) is 24.5 Å². The monoisotopic (exact) mass is 355 g/mol. The van der Waals surface area contributed by atoms with E-state index in [-0.39, 0.29) is 6.03 Å². The first-order chi connectivity index (χ1) is 12.5. The molecule has 0 saturated carbocycles. The fourth-order valence-corrected chi connectivity index (χ4v) is 2.78. The molecule has 2 aromatic rings. The first-order valence-corrected chi connectivity index (χ1v) is 8.80. The lowest BCUT2D eigenvalue weighted by Crippen LogP contribution is -2.37. The summed E-state index contributed by atoms with van der Waals surface area (Å²) in [6.07, 6.45) is 0. The molecule has 0 spiro atoms. The lowest BCUT2D eigenvalue weighted by atomic mass is 10.1. The molecule has 7 nitrogen and oxygen atoms in total. The molecule has 2 N–H and O–H groups in total. The van der Waals surface area contributed by atoms with Crippen LogP contribution in [0.1, 0.15) is 22.5 Å². The summed E-state index contributed by atoms with van der Waals surface area (Å²) in [6.45, 7) is 9.28. The van der Waals surface area contributed by atoms with Crippen LogP contribution >= 0.6 is 0 Å². The number of hydrogen-bond acceptors (Lipinski definition) is 5. The second-order valence-corrected chi connectivity index (χ2v) is 6.51. The Labute approximate surface area is 153 Å². The molecule has 2 amide bonds. The van der Waals surface area contributed by atoms with Crippen LogP contribution in [0.5, 0.6) is 0 Å². The van der Waals surface area contributed by atoms with Crippen LogP contribution in [0.4, 0.5) is 16.4 Å². The zero-order valence-electron chi connectivity index (χ0n) is 15.5. The summed E-state index contributed by atoms with van der Waals surface area (Å²) in [5.74, 6) is 0.694. The Bertz CT molecular complexity index is 787. The van der Waals surface area contributed by atoms with Crippen molar-refractivity contribution in [2.75, 3.05) is 36.5 Å². The van der Waals surface area contributed by atoms with Gasteiger partial charge in [0.15, 0.2) is 0 Å². The van der Waals surface area contributed by atoms with Gasteiger partial charge >= 0.3 is 6.03 Å². The van der Waals surface area contributed by atoms with Crippen molar-refractivity contribution in [1.82, 2.24) is 15.3 Å². The van der Waals surface area contributed by atoms with Crippen LogP contribution in [-0.4, -0.2) is 42.3 Å². The van der Waals surface area contributed by atoms with Crippen LogP contribution in [0.15, 0.2) is 24.3 Å². The molecule has 3 rings (SSSR count). The minimum absolute atomic E-state index is 0.252. The SMILES string of the molecule is Cc1cc(CNC(=O)Nc2ccc(C)c(C)c2)nc(N2CCOCC2)n1. The molecular weight excluding hydrogens is 330 g/mol. The predicted octanol–water partition coefficient (Wildman–Crippen LogP) is 2.56. The molecule has 138 valence electrons. The molecule has 7 heteroatoms. The Morgan fingerprint density at radius 2 is 1.88 bits per heavy atom. The van der Waals surface area contributed by atoms with E-state index in [0.717, 1.165) is 35.7 Å². The minimum Gasteiger partial charge on any atom is -0.378 e. The van der Waals surface area contributed by atoms with E-state index in [2.05, 4.69) is 25.5 Å². The van der Waals surface area contributed by atoms with Gasteiger partial charge in [-0.1, -0.05) is 6.07 Å². The molecule has 0 aliphatic carbocycles. The second-order valence-electron chi connectivity index (χ2n) is 6.51. The number of aryl methyl sites for hydroxylation is 3. The van der Waals surface area contributed by atoms with Crippen molar-refractivity contribution in [1.29, 1.82) is 0 Å².